The highest BCUT2D eigenvalue weighted by Crippen LogP contribution is 2.32. The summed E-state index contributed by atoms with van der Waals surface area (Å²) >= 11 is 0. The van der Waals surface area contributed by atoms with E-state index in [9.17, 15) is 17.6 Å². The Balaban J connectivity index is 2.98. The maximum Gasteiger partial charge on any atom is 0.416 e. The zero-order valence-electron chi connectivity index (χ0n) is 10.7. The second-order valence-electron chi connectivity index (χ2n) is 4.29. The number of hydrogen-bond acceptors (Lipinski definition) is 1. The normalized spacial score (nSPS) is 13.3. The van der Waals surface area contributed by atoms with Gasteiger partial charge in [-0.15, -0.1) is 6.58 Å². The second-order valence-corrected chi connectivity index (χ2v) is 4.29. The first-order valence-corrected chi connectivity index (χ1v) is 6.05. The van der Waals surface area contributed by atoms with Gasteiger partial charge in [0.2, 0.25) is 0 Å². The molecule has 1 rings (SSSR count). The molecule has 1 atom stereocenters. The summed E-state index contributed by atoms with van der Waals surface area (Å²) in [4.78, 5) is 0. The zero-order chi connectivity index (χ0) is 14.5. The van der Waals surface area contributed by atoms with Crippen molar-refractivity contribution in [3.05, 3.63) is 47.8 Å². The van der Waals surface area contributed by atoms with E-state index in [4.69, 9.17) is 0 Å². The van der Waals surface area contributed by atoms with Crippen LogP contribution in [0.5, 0.6) is 0 Å². The van der Waals surface area contributed by atoms with E-state index in [-0.39, 0.29) is 5.56 Å². The van der Waals surface area contributed by atoms with Crippen LogP contribution in [-0.2, 0) is 6.18 Å². The fourth-order valence-electron chi connectivity index (χ4n) is 1.91. The SMILES string of the molecule is C=CCCCC(NC)c1cc(C(F)(F)F)ccc1F. The number of allylic oxidation sites excluding steroid dienone is 1. The van der Waals surface area contributed by atoms with Crippen LogP contribution in [0.25, 0.3) is 0 Å². The highest BCUT2D eigenvalue weighted by molar-refractivity contribution is 5.29. The minimum atomic E-state index is -4.46. The van der Waals surface area contributed by atoms with E-state index >= 15 is 0 Å². The molecule has 1 aromatic rings. The van der Waals surface area contributed by atoms with Gasteiger partial charge in [0.1, 0.15) is 5.82 Å². The first-order chi connectivity index (χ1) is 8.90. The third kappa shape index (κ3) is 4.35. The van der Waals surface area contributed by atoms with Crippen LogP contribution in [0, 0.1) is 5.82 Å². The fraction of sp³-hybridized carbons (Fsp3) is 0.429. The summed E-state index contributed by atoms with van der Waals surface area (Å²) in [6, 6.07) is 2.08. The number of rotatable bonds is 6. The molecular formula is C14H17F4N. The van der Waals surface area contributed by atoms with Crippen LogP contribution in [0.4, 0.5) is 17.6 Å². The molecule has 1 aromatic carbocycles. The summed E-state index contributed by atoms with van der Waals surface area (Å²) in [5.41, 5.74) is -0.769. The highest BCUT2D eigenvalue weighted by Gasteiger charge is 2.31. The summed E-state index contributed by atoms with van der Waals surface area (Å²) in [5.74, 6) is -0.619. The van der Waals surface area contributed by atoms with Crippen LogP contribution < -0.4 is 5.32 Å². The lowest BCUT2D eigenvalue weighted by Crippen LogP contribution is -2.19. The van der Waals surface area contributed by atoms with E-state index in [1.54, 1.807) is 13.1 Å². The molecule has 0 aromatic heterocycles. The van der Waals surface area contributed by atoms with Crippen molar-refractivity contribution in [3.63, 3.8) is 0 Å². The van der Waals surface area contributed by atoms with Crippen molar-refractivity contribution in [1.82, 2.24) is 5.32 Å². The lowest BCUT2D eigenvalue weighted by atomic mass is 9.98. The average Bonchev–Trinajstić information content (AvgIpc) is 2.34. The molecule has 5 heteroatoms. The van der Waals surface area contributed by atoms with Gasteiger partial charge in [-0.25, -0.2) is 4.39 Å². The summed E-state index contributed by atoms with van der Waals surface area (Å²) in [5, 5.41) is 2.86. The summed E-state index contributed by atoms with van der Waals surface area (Å²) in [6.45, 7) is 3.58. The van der Waals surface area contributed by atoms with Crippen LogP contribution in [0.15, 0.2) is 30.9 Å². The molecule has 1 N–H and O–H groups in total. The van der Waals surface area contributed by atoms with Crippen molar-refractivity contribution in [3.8, 4) is 0 Å². The Morgan fingerprint density at radius 1 is 1.37 bits per heavy atom. The maximum atomic E-state index is 13.7. The number of halogens is 4. The Kier molecular flexibility index (Phi) is 5.54. The van der Waals surface area contributed by atoms with E-state index < -0.39 is 23.6 Å². The lowest BCUT2D eigenvalue weighted by Gasteiger charge is -2.18. The van der Waals surface area contributed by atoms with Gasteiger partial charge >= 0.3 is 6.18 Å². The van der Waals surface area contributed by atoms with Crippen molar-refractivity contribution in [2.45, 2.75) is 31.5 Å². The Morgan fingerprint density at radius 3 is 2.58 bits per heavy atom. The second kappa shape index (κ2) is 6.70. The number of unbranched alkanes of at least 4 members (excludes halogenated alkanes) is 1. The van der Waals surface area contributed by atoms with Gasteiger partial charge in [0.05, 0.1) is 5.56 Å². The molecule has 0 aliphatic carbocycles. The minimum absolute atomic E-state index is 0.0568. The van der Waals surface area contributed by atoms with Gasteiger partial charge in [-0.2, -0.15) is 13.2 Å². The van der Waals surface area contributed by atoms with Gasteiger partial charge in [0.15, 0.2) is 0 Å². The molecule has 19 heavy (non-hydrogen) atoms. The molecular weight excluding hydrogens is 258 g/mol. The van der Waals surface area contributed by atoms with Gasteiger partial charge in [-0.1, -0.05) is 6.08 Å². The van der Waals surface area contributed by atoms with Crippen LogP contribution in [-0.4, -0.2) is 7.05 Å². The van der Waals surface area contributed by atoms with Crippen LogP contribution >= 0.6 is 0 Å². The molecule has 1 nitrogen and oxygen atoms in total. The van der Waals surface area contributed by atoms with E-state index in [1.807, 2.05) is 0 Å². The monoisotopic (exact) mass is 275 g/mol. The van der Waals surface area contributed by atoms with Gasteiger partial charge in [-0.05, 0) is 44.5 Å². The molecule has 0 heterocycles. The Morgan fingerprint density at radius 2 is 2.05 bits per heavy atom. The van der Waals surface area contributed by atoms with Gasteiger partial charge in [0, 0.05) is 11.6 Å². The van der Waals surface area contributed by atoms with Crippen molar-refractivity contribution in [1.29, 1.82) is 0 Å². The zero-order valence-corrected chi connectivity index (χ0v) is 10.7. The molecule has 0 bridgehead atoms. The molecule has 0 aliphatic heterocycles. The predicted molar refractivity (Wildman–Crippen MR) is 67.3 cm³/mol. The van der Waals surface area contributed by atoms with Crippen LogP contribution in [0.1, 0.15) is 36.4 Å². The van der Waals surface area contributed by atoms with Crippen molar-refractivity contribution in [2.24, 2.45) is 0 Å². The summed E-state index contributed by atoms with van der Waals surface area (Å²) in [7, 11) is 1.61. The number of nitrogens with one attached hydrogen (secondary N) is 1. The van der Waals surface area contributed by atoms with Crippen LogP contribution in [0.3, 0.4) is 0 Å². The van der Waals surface area contributed by atoms with Gasteiger partial charge in [-0.3, -0.25) is 0 Å². The van der Waals surface area contributed by atoms with Crippen molar-refractivity contribution in [2.75, 3.05) is 7.05 Å². The largest absolute Gasteiger partial charge is 0.416 e. The van der Waals surface area contributed by atoms with E-state index in [0.717, 1.165) is 31.0 Å². The first-order valence-electron chi connectivity index (χ1n) is 6.05. The van der Waals surface area contributed by atoms with Crippen molar-refractivity contribution < 1.29 is 17.6 Å². The van der Waals surface area contributed by atoms with Gasteiger partial charge < -0.3 is 5.32 Å². The minimum Gasteiger partial charge on any atom is -0.313 e. The Hall–Kier alpha value is -1.36. The summed E-state index contributed by atoms with van der Waals surface area (Å²) < 4.78 is 51.5. The predicted octanol–water partition coefficient (Wildman–Crippen LogP) is 4.46. The molecule has 0 radical (unpaired) electrons. The fourth-order valence-corrected chi connectivity index (χ4v) is 1.91. The smallest absolute Gasteiger partial charge is 0.313 e. The standard InChI is InChI=1S/C14H17F4N/c1-3-4-5-6-13(19-2)11-9-10(14(16,17)18)7-8-12(11)15/h3,7-9,13,19H,1,4-6H2,2H3. The number of hydrogen-bond donors (Lipinski definition) is 1. The molecule has 1 unspecified atom stereocenters. The lowest BCUT2D eigenvalue weighted by molar-refractivity contribution is -0.137. The third-order valence-corrected chi connectivity index (χ3v) is 2.95. The molecule has 0 amide bonds. The molecule has 0 spiro atoms. The van der Waals surface area contributed by atoms with E-state index in [1.165, 1.54) is 0 Å². The van der Waals surface area contributed by atoms with Crippen molar-refractivity contribution >= 4 is 0 Å². The molecule has 0 saturated heterocycles. The van der Waals surface area contributed by atoms with Crippen LogP contribution in [0.2, 0.25) is 0 Å². The molecule has 0 saturated carbocycles. The molecule has 0 aliphatic rings. The highest BCUT2D eigenvalue weighted by atomic mass is 19.4. The average molecular weight is 275 g/mol. The number of alkyl halides is 3. The van der Waals surface area contributed by atoms with Gasteiger partial charge in [0.25, 0.3) is 0 Å². The third-order valence-electron chi connectivity index (χ3n) is 2.95. The topological polar surface area (TPSA) is 12.0 Å². The Labute approximate surface area is 110 Å². The molecule has 0 fully saturated rings. The molecule has 106 valence electrons. The Bertz CT molecular complexity index is 426. The quantitative estimate of drug-likeness (QED) is 0.459. The van der Waals surface area contributed by atoms with E-state index in [2.05, 4.69) is 11.9 Å². The van der Waals surface area contributed by atoms with E-state index in [0.29, 0.717) is 6.42 Å². The number of benzene rings is 1. The maximum absolute atomic E-state index is 13.7. The first kappa shape index (κ1) is 15.7. The summed E-state index contributed by atoms with van der Waals surface area (Å²) in [6.07, 6.45) is -0.679.